The molecule has 0 aliphatic heterocycles. The van der Waals surface area contributed by atoms with Gasteiger partial charge >= 0.3 is 0 Å². The van der Waals surface area contributed by atoms with Crippen LogP contribution in [0.25, 0.3) is 11.0 Å². The minimum absolute atomic E-state index is 0.173. The van der Waals surface area contributed by atoms with Crippen molar-refractivity contribution in [2.45, 2.75) is 6.42 Å². The Hall–Kier alpha value is -1.79. The Bertz CT molecular complexity index is 565. The van der Waals surface area contributed by atoms with Gasteiger partial charge in [0.1, 0.15) is 12.0 Å². The minimum atomic E-state index is -0.315. The molecular formula is C11H6ClNO2. The molecule has 0 saturated heterocycles. The summed E-state index contributed by atoms with van der Waals surface area (Å²) in [6.45, 7) is 0. The average molecular weight is 220 g/mol. The zero-order chi connectivity index (χ0) is 10.8. The number of hydrogen-bond acceptors (Lipinski definition) is 3. The highest BCUT2D eigenvalue weighted by Crippen LogP contribution is 2.23. The molecule has 0 unspecified atom stereocenters. The summed E-state index contributed by atoms with van der Waals surface area (Å²) in [4.78, 5) is 11.4. The summed E-state index contributed by atoms with van der Waals surface area (Å²) in [6, 6.07) is 8.48. The van der Waals surface area contributed by atoms with Gasteiger partial charge < -0.3 is 4.42 Å². The van der Waals surface area contributed by atoms with Crippen molar-refractivity contribution in [1.29, 1.82) is 5.26 Å². The van der Waals surface area contributed by atoms with Crippen molar-refractivity contribution in [2.75, 3.05) is 0 Å². The van der Waals surface area contributed by atoms with Crippen molar-refractivity contribution in [2.24, 2.45) is 0 Å². The number of ketones is 1. The first-order valence-corrected chi connectivity index (χ1v) is 4.68. The third kappa shape index (κ3) is 1.85. The molecular weight excluding hydrogens is 214 g/mol. The molecule has 0 radical (unpaired) electrons. The van der Waals surface area contributed by atoms with Crippen LogP contribution in [0.15, 0.2) is 28.7 Å². The summed E-state index contributed by atoms with van der Waals surface area (Å²) in [6.07, 6.45) is -0.173. The van der Waals surface area contributed by atoms with Gasteiger partial charge in [-0.3, -0.25) is 4.79 Å². The topological polar surface area (TPSA) is 54.0 Å². The van der Waals surface area contributed by atoms with Gasteiger partial charge in [0.2, 0.25) is 5.78 Å². The molecule has 2 rings (SSSR count). The van der Waals surface area contributed by atoms with Gasteiger partial charge in [0.25, 0.3) is 0 Å². The molecule has 74 valence electrons. The van der Waals surface area contributed by atoms with E-state index in [0.717, 1.165) is 5.39 Å². The molecule has 0 atom stereocenters. The lowest BCUT2D eigenvalue weighted by molar-refractivity contribution is 0.0973. The highest BCUT2D eigenvalue weighted by atomic mass is 35.5. The molecule has 0 bridgehead atoms. The molecule has 0 aliphatic carbocycles. The third-order valence-electron chi connectivity index (χ3n) is 1.99. The molecule has 1 heterocycles. The first-order chi connectivity index (χ1) is 7.20. The number of benzene rings is 1. The van der Waals surface area contributed by atoms with Crippen molar-refractivity contribution >= 4 is 28.4 Å². The second-order valence-corrected chi connectivity index (χ2v) is 3.49. The summed E-state index contributed by atoms with van der Waals surface area (Å²) < 4.78 is 5.28. The predicted octanol–water partition coefficient (Wildman–Crippen LogP) is 3.18. The van der Waals surface area contributed by atoms with Crippen molar-refractivity contribution in [3.8, 4) is 6.07 Å². The fourth-order valence-electron chi connectivity index (χ4n) is 1.31. The van der Waals surface area contributed by atoms with Crippen LogP contribution in [0, 0.1) is 11.3 Å². The van der Waals surface area contributed by atoms with E-state index in [1.807, 2.05) is 0 Å². The SMILES string of the molecule is N#CCC(=O)c1cc2cc(Cl)ccc2o1. The highest BCUT2D eigenvalue weighted by Gasteiger charge is 2.11. The summed E-state index contributed by atoms with van der Waals surface area (Å²) >= 11 is 5.79. The van der Waals surface area contributed by atoms with E-state index >= 15 is 0 Å². The fraction of sp³-hybridized carbons (Fsp3) is 0.0909. The van der Waals surface area contributed by atoms with Crippen molar-refractivity contribution in [3.63, 3.8) is 0 Å². The highest BCUT2D eigenvalue weighted by molar-refractivity contribution is 6.31. The number of nitriles is 1. The first-order valence-electron chi connectivity index (χ1n) is 4.30. The summed E-state index contributed by atoms with van der Waals surface area (Å²) in [5.74, 6) is -0.112. The number of carbonyl (C=O) groups excluding carboxylic acids is 1. The maximum absolute atomic E-state index is 11.4. The molecule has 1 aromatic carbocycles. The molecule has 1 aromatic heterocycles. The van der Waals surface area contributed by atoms with E-state index in [1.54, 1.807) is 30.3 Å². The van der Waals surface area contributed by atoms with Crippen molar-refractivity contribution in [1.82, 2.24) is 0 Å². The van der Waals surface area contributed by atoms with Crippen LogP contribution in [0.5, 0.6) is 0 Å². The lowest BCUT2D eigenvalue weighted by Crippen LogP contribution is -1.93. The number of fused-ring (bicyclic) bond motifs is 1. The van der Waals surface area contributed by atoms with E-state index in [0.29, 0.717) is 10.6 Å². The van der Waals surface area contributed by atoms with Gasteiger partial charge in [-0.05, 0) is 24.3 Å². The number of halogens is 1. The average Bonchev–Trinajstić information content (AvgIpc) is 2.60. The Morgan fingerprint density at radius 3 is 3.00 bits per heavy atom. The van der Waals surface area contributed by atoms with E-state index in [2.05, 4.69) is 0 Å². The van der Waals surface area contributed by atoms with Crippen LogP contribution < -0.4 is 0 Å². The minimum Gasteiger partial charge on any atom is -0.453 e. The summed E-state index contributed by atoms with van der Waals surface area (Å²) in [7, 11) is 0. The lowest BCUT2D eigenvalue weighted by Gasteiger charge is -1.88. The van der Waals surface area contributed by atoms with Crippen LogP contribution >= 0.6 is 11.6 Å². The zero-order valence-electron chi connectivity index (χ0n) is 7.66. The Balaban J connectivity index is 2.48. The van der Waals surface area contributed by atoms with Crippen LogP contribution in [0.1, 0.15) is 17.0 Å². The van der Waals surface area contributed by atoms with Gasteiger partial charge in [0, 0.05) is 10.4 Å². The Kier molecular flexibility index (Phi) is 2.44. The Morgan fingerprint density at radius 2 is 2.27 bits per heavy atom. The molecule has 0 amide bonds. The van der Waals surface area contributed by atoms with Crippen molar-refractivity contribution < 1.29 is 9.21 Å². The van der Waals surface area contributed by atoms with Gasteiger partial charge in [-0.25, -0.2) is 0 Å². The molecule has 3 nitrogen and oxygen atoms in total. The quantitative estimate of drug-likeness (QED) is 0.729. The molecule has 0 aliphatic rings. The Labute approximate surface area is 90.9 Å². The number of furan rings is 1. The fourth-order valence-corrected chi connectivity index (χ4v) is 1.49. The predicted molar refractivity (Wildman–Crippen MR) is 55.8 cm³/mol. The second-order valence-electron chi connectivity index (χ2n) is 3.05. The molecule has 0 saturated carbocycles. The number of Topliss-reactive ketones (excluding diaryl/α,β-unsaturated/α-hetero) is 1. The van der Waals surface area contributed by atoms with Crippen LogP contribution in [0.4, 0.5) is 0 Å². The summed E-state index contributed by atoms with van der Waals surface area (Å²) in [5.41, 5.74) is 0.598. The zero-order valence-corrected chi connectivity index (χ0v) is 8.41. The normalized spacial score (nSPS) is 10.1. The number of rotatable bonds is 2. The molecule has 15 heavy (non-hydrogen) atoms. The number of nitrogens with zero attached hydrogens (tertiary/aromatic N) is 1. The van der Waals surface area contributed by atoms with Gasteiger partial charge in [-0.15, -0.1) is 0 Å². The monoisotopic (exact) mass is 219 g/mol. The summed E-state index contributed by atoms with van der Waals surface area (Å²) in [5, 5.41) is 9.74. The van der Waals surface area contributed by atoms with Crippen LogP contribution in [-0.4, -0.2) is 5.78 Å². The van der Waals surface area contributed by atoms with Crippen LogP contribution in [-0.2, 0) is 0 Å². The standard InChI is InChI=1S/C11H6ClNO2/c12-8-1-2-10-7(5-8)6-11(15-10)9(14)3-4-13/h1-2,5-6H,3H2. The maximum Gasteiger partial charge on any atom is 0.212 e. The molecule has 0 N–H and O–H groups in total. The van der Waals surface area contributed by atoms with E-state index in [-0.39, 0.29) is 18.0 Å². The lowest BCUT2D eigenvalue weighted by atomic mass is 10.2. The van der Waals surface area contributed by atoms with Gasteiger partial charge in [-0.1, -0.05) is 11.6 Å². The van der Waals surface area contributed by atoms with Gasteiger partial charge in [-0.2, -0.15) is 5.26 Å². The van der Waals surface area contributed by atoms with E-state index < -0.39 is 0 Å². The third-order valence-corrected chi connectivity index (χ3v) is 2.23. The van der Waals surface area contributed by atoms with E-state index in [9.17, 15) is 4.79 Å². The van der Waals surface area contributed by atoms with Crippen LogP contribution in [0.3, 0.4) is 0 Å². The number of hydrogen-bond donors (Lipinski definition) is 0. The molecule has 4 heteroatoms. The number of carbonyl (C=O) groups is 1. The molecule has 0 fully saturated rings. The molecule has 0 spiro atoms. The second kappa shape index (κ2) is 3.76. The van der Waals surface area contributed by atoms with E-state index in [1.165, 1.54) is 0 Å². The smallest absolute Gasteiger partial charge is 0.212 e. The van der Waals surface area contributed by atoms with Crippen LogP contribution in [0.2, 0.25) is 5.02 Å². The maximum atomic E-state index is 11.4. The Morgan fingerprint density at radius 1 is 1.47 bits per heavy atom. The van der Waals surface area contributed by atoms with E-state index in [4.69, 9.17) is 21.3 Å². The molecule has 2 aromatic rings. The van der Waals surface area contributed by atoms with Gasteiger partial charge in [0.15, 0.2) is 5.76 Å². The first kappa shape index (κ1) is 9.75. The van der Waals surface area contributed by atoms with Gasteiger partial charge in [0.05, 0.1) is 6.07 Å². The largest absolute Gasteiger partial charge is 0.453 e. The van der Waals surface area contributed by atoms with Crippen molar-refractivity contribution in [3.05, 3.63) is 35.0 Å².